The van der Waals surface area contributed by atoms with E-state index in [1.54, 1.807) is 23.1 Å². The molecule has 1 saturated carbocycles. The third-order valence-corrected chi connectivity index (χ3v) is 11.1. The summed E-state index contributed by atoms with van der Waals surface area (Å²) in [4.78, 5) is 33.8. The van der Waals surface area contributed by atoms with Gasteiger partial charge in [-0.3, -0.25) is 9.52 Å². The van der Waals surface area contributed by atoms with Gasteiger partial charge in [-0.2, -0.15) is 0 Å². The highest BCUT2D eigenvalue weighted by atomic mass is 35.5. The SMILES string of the molecule is COc1ccc(-c2ccc(NS(C)(=O)=O)nc2)cc1CN(C(=O)c1sc2c(F)ccc(F)c2c1Cl)C1CCC(CN(C(=O)O)C(C)(C)C)CC1. The lowest BCUT2D eigenvalue weighted by atomic mass is 9.84. The molecule has 5 rings (SSSR count). The summed E-state index contributed by atoms with van der Waals surface area (Å²) in [6.45, 7) is 6.00. The predicted molar refractivity (Wildman–Crippen MR) is 192 cm³/mol. The molecule has 4 aromatic rings. The summed E-state index contributed by atoms with van der Waals surface area (Å²) in [5.41, 5.74) is 1.49. The number of benzene rings is 2. The van der Waals surface area contributed by atoms with Crippen LogP contribution in [0.15, 0.2) is 48.7 Å². The number of carbonyl (C=O) groups excluding carboxylic acids is 1. The van der Waals surface area contributed by atoms with Crippen LogP contribution < -0.4 is 9.46 Å². The van der Waals surface area contributed by atoms with Crippen LogP contribution in [0.25, 0.3) is 21.2 Å². The first-order chi connectivity index (χ1) is 23.5. The summed E-state index contributed by atoms with van der Waals surface area (Å²) < 4.78 is 60.9. The number of nitrogens with zero attached hydrogens (tertiary/aromatic N) is 3. The van der Waals surface area contributed by atoms with Crippen LogP contribution in [-0.4, -0.2) is 71.8 Å². The van der Waals surface area contributed by atoms with Gasteiger partial charge in [-0.15, -0.1) is 11.3 Å². The van der Waals surface area contributed by atoms with Crippen LogP contribution >= 0.6 is 22.9 Å². The smallest absolute Gasteiger partial charge is 0.407 e. The maximum Gasteiger partial charge on any atom is 0.407 e. The fraction of sp³-hybridized carbons (Fsp3) is 0.400. The number of anilines is 1. The number of aromatic nitrogens is 1. The molecule has 268 valence electrons. The minimum absolute atomic E-state index is 0.0193. The van der Waals surface area contributed by atoms with Crippen LogP contribution in [0.2, 0.25) is 5.02 Å². The Hall–Kier alpha value is -4.01. The average molecular weight is 749 g/mol. The Balaban J connectivity index is 1.49. The molecule has 15 heteroatoms. The number of halogens is 3. The second kappa shape index (κ2) is 14.7. The number of fused-ring (bicyclic) bond motifs is 1. The summed E-state index contributed by atoms with van der Waals surface area (Å²) in [5.74, 6) is -1.13. The molecule has 0 spiro atoms. The fourth-order valence-corrected chi connectivity index (χ4v) is 8.35. The maximum atomic E-state index is 14.8. The van der Waals surface area contributed by atoms with Crippen LogP contribution in [0, 0.1) is 17.6 Å². The maximum absolute atomic E-state index is 14.8. The van der Waals surface area contributed by atoms with Crippen molar-refractivity contribution in [1.29, 1.82) is 0 Å². The Kier molecular flexibility index (Phi) is 10.9. The molecular formula is C35H39ClF2N4O6S2. The minimum Gasteiger partial charge on any atom is -0.496 e. The zero-order valence-electron chi connectivity index (χ0n) is 28.3. The summed E-state index contributed by atoms with van der Waals surface area (Å²) in [6, 6.07) is 10.4. The lowest BCUT2D eigenvalue weighted by Crippen LogP contribution is -2.48. The van der Waals surface area contributed by atoms with Crippen molar-refractivity contribution in [2.75, 3.05) is 24.6 Å². The number of ether oxygens (including phenoxy) is 1. The second-order valence-electron chi connectivity index (χ2n) is 13.5. The first kappa shape index (κ1) is 37.3. The fourth-order valence-electron chi connectivity index (χ4n) is 6.35. The van der Waals surface area contributed by atoms with Crippen LogP contribution in [0.3, 0.4) is 0 Å². The molecular weight excluding hydrogens is 710 g/mol. The number of thiophene rings is 1. The van der Waals surface area contributed by atoms with Gasteiger partial charge < -0.3 is 19.6 Å². The van der Waals surface area contributed by atoms with E-state index >= 15 is 0 Å². The molecule has 0 unspecified atom stereocenters. The Morgan fingerprint density at radius 1 is 1.06 bits per heavy atom. The molecule has 0 atom stereocenters. The van der Waals surface area contributed by atoms with E-state index in [1.165, 1.54) is 18.2 Å². The van der Waals surface area contributed by atoms with Crippen molar-refractivity contribution < 1.29 is 36.6 Å². The topological polar surface area (TPSA) is 129 Å². The van der Waals surface area contributed by atoms with Crippen LogP contribution in [0.4, 0.5) is 19.4 Å². The number of amides is 2. The van der Waals surface area contributed by atoms with Gasteiger partial charge in [-0.1, -0.05) is 17.7 Å². The summed E-state index contributed by atoms with van der Waals surface area (Å²) in [5, 5.41) is 9.56. The number of rotatable bonds is 10. The number of carboxylic acid groups (broad SMARTS) is 1. The molecule has 50 heavy (non-hydrogen) atoms. The number of hydrogen-bond donors (Lipinski definition) is 2. The molecule has 2 heterocycles. The lowest BCUT2D eigenvalue weighted by molar-refractivity contribution is 0.0535. The van der Waals surface area contributed by atoms with Crippen molar-refractivity contribution in [3.8, 4) is 16.9 Å². The van der Waals surface area contributed by atoms with E-state index in [9.17, 15) is 31.9 Å². The molecule has 10 nitrogen and oxygen atoms in total. The standard InChI is InChI=1S/C35H39ClF2N4O6S2/c1-35(2,3)42(34(44)45)18-20-6-10-24(11-7-20)41(33(43)32-30(36)29-25(37)12-13-26(38)31(29)49-32)19-23-16-21(8-14-27(23)48-4)22-9-15-28(39-17-22)40-50(5,46)47/h8-9,12-17,20,24H,6-7,10-11,18-19H2,1-5H3,(H,39,40)(H,44,45). The lowest BCUT2D eigenvalue weighted by Gasteiger charge is -2.40. The largest absolute Gasteiger partial charge is 0.496 e. The summed E-state index contributed by atoms with van der Waals surface area (Å²) >= 11 is 7.41. The van der Waals surface area contributed by atoms with Crippen molar-refractivity contribution in [2.45, 2.75) is 64.6 Å². The van der Waals surface area contributed by atoms with Gasteiger partial charge in [0, 0.05) is 42.0 Å². The highest BCUT2D eigenvalue weighted by molar-refractivity contribution is 7.92. The van der Waals surface area contributed by atoms with Crippen molar-refractivity contribution in [2.24, 2.45) is 5.92 Å². The second-order valence-corrected chi connectivity index (χ2v) is 16.6. The number of nitrogens with one attached hydrogen (secondary N) is 1. The minimum atomic E-state index is -3.51. The Morgan fingerprint density at radius 2 is 1.72 bits per heavy atom. The Bertz CT molecular complexity index is 2010. The molecule has 0 radical (unpaired) electrons. The number of methoxy groups -OCH3 is 1. The third-order valence-electron chi connectivity index (χ3n) is 8.88. The first-order valence-corrected chi connectivity index (χ1v) is 19.0. The molecule has 1 aliphatic carbocycles. The van der Waals surface area contributed by atoms with Gasteiger partial charge in [0.15, 0.2) is 0 Å². The molecule has 0 saturated heterocycles. The summed E-state index contributed by atoms with van der Waals surface area (Å²) in [6.07, 6.45) is 4.04. The van der Waals surface area contributed by atoms with Crippen molar-refractivity contribution >= 4 is 60.9 Å². The average Bonchev–Trinajstić information content (AvgIpc) is 3.41. The normalized spacial score (nSPS) is 16.6. The van der Waals surface area contributed by atoms with E-state index in [0.29, 0.717) is 49.1 Å². The van der Waals surface area contributed by atoms with Gasteiger partial charge in [0.25, 0.3) is 5.91 Å². The number of carbonyl (C=O) groups is 2. The first-order valence-electron chi connectivity index (χ1n) is 16.0. The van der Waals surface area contributed by atoms with E-state index < -0.39 is 39.2 Å². The van der Waals surface area contributed by atoms with Gasteiger partial charge in [0.2, 0.25) is 10.0 Å². The molecule has 0 bridgehead atoms. The monoisotopic (exact) mass is 748 g/mol. The zero-order chi connectivity index (χ0) is 36.5. The van der Waals surface area contributed by atoms with Crippen LogP contribution in [0.5, 0.6) is 5.75 Å². The third kappa shape index (κ3) is 8.30. The Labute approximate surface area is 299 Å². The van der Waals surface area contributed by atoms with Gasteiger partial charge in [0.1, 0.15) is 28.1 Å². The quantitative estimate of drug-likeness (QED) is 0.167. The molecule has 2 amide bonds. The summed E-state index contributed by atoms with van der Waals surface area (Å²) in [7, 11) is -1.99. The van der Waals surface area contributed by atoms with Crippen molar-refractivity contribution in [3.05, 3.63) is 75.8 Å². The number of sulfonamides is 1. The van der Waals surface area contributed by atoms with Crippen molar-refractivity contribution in [1.82, 2.24) is 14.8 Å². The molecule has 1 fully saturated rings. The highest BCUT2D eigenvalue weighted by Gasteiger charge is 2.35. The van der Waals surface area contributed by atoms with E-state index in [-0.39, 0.29) is 44.3 Å². The van der Waals surface area contributed by atoms with Gasteiger partial charge in [0.05, 0.1) is 28.5 Å². The highest BCUT2D eigenvalue weighted by Crippen LogP contribution is 2.41. The van der Waals surface area contributed by atoms with E-state index in [4.69, 9.17) is 16.3 Å². The van der Waals surface area contributed by atoms with E-state index in [0.717, 1.165) is 35.3 Å². The van der Waals surface area contributed by atoms with E-state index in [1.807, 2.05) is 32.9 Å². The predicted octanol–water partition coefficient (Wildman–Crippen LogP) is 8.25. The van der Waals surface area contributed by atoms with Gasteiger partial charge >= 0.3 is 6.09 Å². The number of pyridine rings is 1. The van der Waals surface area contributed by atoms with E-state index in [2.05, 4.69) is 9.71 Å². The zero-order valence-corrected chi connectivity index (χ0v) is 30.7. The number of hydrogen-bond acceptors (Lipinski definition) is 7. The molecule has 0 aliphatic heterocycles. The Morgan fingerprint density at radius 3 is 2.28 bits per heavy atom. The molecule has 2 N–H and O–H groups in total. The van der Waals surface area contributed by atoms with Crippen molar-refractivity contribution in [3.63, 3.8) is 0 Å². The molecule has 1 aliphatic rings. The molecule has 2 aromatic carbocycles. The van der Waals surface area contributed by atoms with Crippen LogP contribution in [-0.2, 0) is 16.6 Å². The van der Waals surface area contributed by atoms with Crippen LogP contribution in [0.1, 0.15) is 61.7 Å². The molecule has 2 aromatic heterocycles. The van der Waals surface area contributed by atoms with Gasteiger partial charge in [-0.05, 0) is 94.3 Å². The van der Waals surface area contributed by atoms with Gasteiger partial charge in [-0.25, -0.2) is 27.0 Å².